The highest BCUT2D eigenvalue weighted by Crippen LogP contribution is 2.27. The third-order valence-corrected chi connectivity index (χ3v) is 7.40. The number of aromatic nitrogens is 2. The Morgan fingerprint density at radius 1 is 1.24 bits per heavy atom. The summed E-state index contributed by atoms with van der Waals surface area (Å²) in [6.07, 6.45) is 0. The highest BCUT2D eigenvalue weighted by Gasteiger charge is 2.26. The van der Waals surface area contributed by atoms with Crippen molar-refractivity contribution in [1.29, 1.82) is 0 Å². The van der Waals surface area contributed by atoms with Crippen LogP contribution in [-0.4, -0.2) is 42.0 Å². The smallest absolute Gasteiger partial charge is 0.338 e. The van der Waals surface area contributed by atoms with E-state index in [9.17, 15) is 13.2 Å². The van der Waals surface area contributed by atoms with E-state index in [0.29, 0.717) is 5.89 Å². The van der Waals surface area contributed by atoms with Crippen LogP contribution in [0.1, 0.15) is 30.1 Å². The number of rotatable bonds is 8. The maximum atomic E-state index is 12.7. The van der Waals surface area contributed by atoms with E-state index in [4.69, 9.17) is 20.8 Å². The number of hydrogen-bond acceptors (Lipinski definition) is 8. The Kier molecular flexibility index (Phi) is 6.68. The van der Waals surface area contributed by atoms with E-state index in [1.807, 2.05) is 17.5 Å². The Balaban J connectivity index is 1.75. The van der Waals surface area contributed by atoms with Crippen LogP contribution in [0.5, 0.6) is 0 Å². The number of carbonyl (C=O) groups is 1. The summed E-state index contributed by atoms with van der Waals surface area (Å²) < 4.78 is 37.4. The second-order valence-electron chi connectivity index (χ2n) is 5.79. The minimum atomic E-state index is -3.82. The van der Waals surface area contributed by atoms with Gasteiger partial charge in [0.15, 0.2) is 6.61 Å². The SMILES string of the molecule is CCN(CC)S(=O)(=O)c1cc(C(=O)OCc2nnc(-c3cccs3)o2)ccc1Cl. The van der Waals surface area contributed by atoms with Crippen LogP contribution in [0.25, 0.3) is 10.8 Å². The van der Waals surface area contributed by atoms with Gasteiger partial charge in [-0.2, -0.15) is 4.31 Å². The summed E-state index contributed by atoms with van der Waals surface area (Å²) in [5.41, 5.74) is 0.0538. The summed E-state index contributed by atoms with van der Waals surface area (Å²) in [5.74, 6) is -0.259. The number of thiophene rings is 1. The number of esters is 1. The third kappa shape index (κ3) is 4.67. The van der Waals surface area contributed by atoms with Crippen molar-refractivity contribution in [2.24, 2.45) is 0 Å². The fourth-order valence-corrected chi connectivity index (χ4v) is 5.16. The Morgan fingerprint density at radius 3 is 2.66 bits per heavy atom. The molecule has 0 atom stereocenters. The van der Waals surface area contributed by atoms with E-state index in [0.717, 1.165) is 4.88 Å². The van der Waals surface area contributed by atoms with E-state index < -0.39 is 16.0 Å². The lowest BCUT2D eigenvalue weighted by Crippen LogP contribution is -2.31. The van der Waals surface area contributed by atoms with Crippen LogP contribution in [0.15, 0.2) is 45.0 Å². The molecular formula is C18H18ClN3O5S2. The average molecular weight is 456 g/mol. The lowest BCUT2D eigenvalue weighted by molar-refractivity contribution is 0.0438. The molecule has 0 spiro atoms. The molecule has 154 valence electrons. The van der Waals surface area contributed by atoms with Crippen LogP contribution < -0.4 is 0 Å². The summed E-state index contributed by atoms with van der Waals surface area (Å²) in [7, 11) is -3.82. The summed E-state index contributed by atoms with van der Waals surface area (Å²) >= 11 is 7.52. The van der Waals surface area contributed by atoms with Crippen molar-refractivity contribution in [3.63, 3.8) is 0 Å². The molecule has 1 aromatic carbocycles. The molecule has 0 aliphatic rings. The fraction of sp³-hybridized carbons (Fsp3) is 0.278. The van der Waals surface area contributed by atoms with Gasteiger partial charge in [0.2, 0.25) is 10.0 Å². The van der Waals surface area contributed by atoms with Gasteiger partial charge < -0.3 is 9.15 Å². The zero-order chi connectivity index (χ0) is 21.0. The first-order valence-corrected chi connectivity index (χ1v) is 11.4. The Morgan fingerprint density at radius 2 is 2.00 bits per heavy atom. The van der Waals surface area contributed by atoms with Crippen LogP contribution in [-0.2, 0) is 21.4 Å². The minimum absolute atomic E-state index is 0.0333. The molecule has 3 aromatic rings. The maximum Gasteiger partial charge on any atom is 0.338 e. The second-order valence-corrected chi connectivity index (χ2v) is 9.05. The molecule has 3 rings (SSSR count). The lowest BCUT2D eigenvalue weighted by atomic mass is 10.2. The van der Waals surface area contributed by atoms with Gasteiger partial charge in [-0.25, -0.2) is 13.2 Å². The van der Waals surface area contributed by atoms with E-state index in [1.165, 1.54) is 33.8 Å². The summed E-state index contributed by atoms with van der Waals surface area (Å²) in [4.78, 5) is 13.1. The molecule has 8 nitrogen and oxygen atoms in total. The molecular weight excluding hydrogens is 438 g/mol. The normalized spacial score (nSPS) is 11.7. The monoisotopic (exact) mass is 455 g/mol. The molecule has 0 amide bonds. The predicted octanol–water partition coefficient (Wildman–Crippen LogP) is 3.84. The van der Waals surface area contributed by atoms with E-state index in [2.05, 4.69) is 10.2 Å². The van der Waals surface area contributed by atoms with E-state index in [1.54, 1.807) is 13.8 Å². The fourth-order valence-electron chi connectivity index (χ4n) is 2.55. The van der Waals surface area contributed by atoms with E-state index in [-0.39, 0.29) is 41.1 Å². The predicted molar refractivity (Wildman–Crippen MR) is 108 cm³/mol. The Hall–Kier alpha value is -2.27. The molecule has 0 N–H and O–H groups in total. The number of carbonyl (C=O) groups excluding carboxylic acids is 1. The first-order chi connectivity index (χ1) is 13.9. The Labute approximate surface area is 177 Å². The van der Waals surface area contributed by atoms with Crippen molar-refractivity contribution in [3.05, 3.63) is 52.2 Å². The highest BCUT2D eigenvalue weighted by molar-refractivity contribution is 7.89. The van der Waals surface area contributed by atoms with Crippen molar-refractivity contribution < 1.29 is 22.4 Å². The van der Waals surface area contributed by atoms with Gasteiger partial charge in [0.05, 0.1) is 15.5 Å². The molecule has 2 aromatic heterocycles. The largest absolute Gasteiger partial charge is 0.452 e. The quantitative estimate of drug-likeness (QED) is 0.475. The molecule has 0 bridgehead atoms. The van der Waals surface area contributed by atoms with Crippen molar-refractivity contribution >= 4 is 38.9 Å². The van der Waals surface area contributed by atoms with Crippen molar-refractivity contribution in [2.75, 3.05) is 13.1 Å². The molecule has 0 fully saturated rings. The standard InChI is InChI=1S/C18H18ClN3O5S2/c1-3-22(4-2)29(24,25)15-10-12(7-8-13(15)19)18(23)26-11-16-20-21-17(27-16)14-6-5-9-28-14/h5-10H,3-4,11H2,1-2H3. The van der Waals surface area contributed by atoms with E-state index >= 15 is 0 Å². The molecule has 0 aliphatic heterocycles. The first-order valence-electron chi connectivity index (χ1n) is 8.69. The van der Waals surface area contributed by atoms with Gasteiger partial charge in [0.1, 0.15) is 4.90 Å². The molecule has 0 saturated heterocycles. The van der Waals surface area contributed by atoms with Crippen LogP contribution >= 0.6 is 22.9 Å². The first kappa shape index (κ1) is 21.4. The molecule has 11 heteroatoms. The van der Waals surface area contributed by atoms with Crippen molar-refractivity contribution in [1.82, 2.24) is 14.5 Å². The maximum absolute atomic E-state index is 12.7. The summed E-state index contributed by atoms with van der Waals surface area (Å²) in [5, 5.41) is 9.66. The van der Waals surface area contributed by atoms with Crippen LogP contribution in [0.4, 0.5) is 0 Å². The number of hydrogen-bond donors (Lipinski definition) is 0. The van der Waals surface area contributed by atoms with Crippen molar-refractivity contribution in [3.8, 4) is 10.8 Å². The van der Waals surface area contributed by atoms with Gasteiger partial charge in [-0.15, -0.1) is 21.5 Å². The lowest BCUT2D eigenvalue weighted by Gasteiger charge is -2.19. The molecule has 29 heavy (non-hydrogen) atoms. The molecule has 0 saturated carbocycles. The third-order valence-electron chi connectivity index (χ3n) is 4.02. The number of nitrogens with zero attached hydrogens (tertiary/aromatic N) is 3. The van der Waals surface area contributed by atoms with Gasteiger partial charge in [-0.3, -0.25) is 0 Å². The molecule has 0 radical (unpaired) electrons. The number of ether oxygens (including phenoxy) is 1. The number of sulfonamides is 1. The minimum Gasteiger partial charge on any atom is -0.452 e. The highest BCUT2D eigenvalue weighted by atomic mass is 35.5. The summed E-state index contributed by atoms with van der Waals surface area (Å²) in [6.45, 7) is 3.78. The van der Waals surface area contributed by atoms with Crippen LogP contribution in [0, 0.1) is 0 Å². The molecule has 0 aliphatic carbocycles. The zero-order valence-electron chi connectivity index (χ0n) is 15.7. The van der Waals surface area contributed by atoms with Crippen molar-refractivity contribution in [2.45, 2.75) is 25.3 Å². The number of halogens is 1. The van der Waals surface area contributed by atoms with Gasteiger partial charge in [-0.1, -0.05) is 31.5 Å². The topological polar surface area (TPSA) is 103 Å². The molecule has 0 unspecified atom stereocenters. The zero-order valence-corrected chi connectivity index (χ0v) is 18.1. The van der Waals surface area contributed by atoms with Gasteiger partial charge >= 0.3 is 5.97 Å². The average Bonchev–Trinajstić information content (AvgIpc) is 3.38. The van der Waals surface area contributed by atoms with Gasteiger partial charge in [0.25, 0.3) is 11.8 Å². The Bertz CT molecular complexity index is 1090. The van der Waals surface area contributed by atoms with Gasteiger partial charge in [0, 0.05) is 13.1 Å². The van der Waals surface area contributed by atoms with Crippen LogP contribution in [0.2, 0.25) is 5.02 Å². The number of benzene rings is 1. The summed E-state index contributed by atoms with van der Waals surface area (Å²) in [6, 6.07) is 7.66. The second kappa shape index (κ2) is 9.04. The van der Waals surface area contributed by atoms with Gasteiger partial charge in [-0.05, 0) is 29.6 Å². The molecule has 2 heterocycles. The van der Waals surface area contributed by atoms with Crippen LogP contribution in [0.3, 0.4) is 0 Å².